The topological polar surface area (TPSA) is 87.5 Å². The lowest BCUT2D eigenvalue weighted by molar-refractivity contribution is 0.203. The highest BCUT2D eigenvalue weighted by Crippen LogP contribution is 2.20. The van der Waals surface area contributed by atoms with Crippen molar-refractivity contribution in [2.75, 3.05) is 20.1 Å². The monoisotopic (exact) mass is 372 g/mol. The number of benzene rings is 1. The first-order valence-electron chi connectivity index (χ1n) is 9.07. The van der Waals surface area contributed by atoms with Gasteiger partial charge in [0.1, 0.15) is 0 Å². The van der Waals surface area contributed by atoms with Gasteiger partial charge in [-0.25, -0.2) is 9.48 Å². The van der Waals surface area contributed by atoms with Crippen LogP contribution >= 0.6 is 0 Å². The third-order valence-corrected chi connectivity index (χ3v) is 4.30. The van der Waals surface area contributed by atoms with E-state index >= 15 is 0 Å². The first kappa shape index (κ1) is 20.6. The molecule has 0 fully saturated rings. The van der Waals surface area contributed by atoms with E-state index in [9.17, 15) is 14.7 Å². The van der Waals surface area contributed by atoms with Gasteiger partial charge in [0.2, 0.25) is 0 Å². The summed E-state index contributed by atoms with van der Waals surface area (Å²) in [6, 6.07) is 7.50. The largest absolute Gasteiger partial charge is 0.392 e. The Bertz CT molecular complexity index is 828. The van der Waals surface area contributed by atoms with E-state index in [4.69, 9.17) is 0 Å². The van der Waals surface area contributed by atoms with Crippen LogP contribution in [0.4, 0.5) is 4.79 Å². The van der Waals surface area contributed by atoms with Gasteiger partial charge in [0.25, 0.3) is 5.56 Å². The Kier molecular flexibility index (Phi) is 7.12. The molecule has 0 saturated heterocycles. The van der Waals surface area contributed by atoms with E-state index in [0.717, 1.165) is 11.1 Å². The number of hydrogen-bond acceptors (Lipinski definition) is 4. The molecule has 0 spiro atoms. The quantitative estimate of drug-likeness (QED) is 0.776. The zero-order valence-electron chi connectivity index (χ0n) is 16.4. The molecule has 0 aliphatic rings. The molecule has 0 aliphatic carbocycles. The molecular weight excluding hydrogens is 344 g/mol. The van der Waals surface area contributed by atoms with Gasteiger partial charge in [-0.3, -0.25) is 4.79 Å². The third-order valence-electron chi connectivity index (χ3n) is 4.30. The highest BCUT2D eigenvalue weighted by atomic mass is 16.3. The van der Waals surface area contributed by atoms with Crippen LogP contribution in [-0.2, 0) is 20.1 Å². The number of nitrogens with one attached hydrogen (secondary N) is 1. The normalized spacial score (nSPS) is 10.9. The van der Waals surface area contributed by atoms with Crippen molar-refractivity contribution >= 4 is 6.03 Å². The molecule has 146 valence electrons. The van der Waals surface area contributed by atoms with Crippen molar-refractivity contribution in [2.45, 2.75) is 26.9 Å². The van der Waals surface area contributed by atoms with Gasteiger partial charge in [-0.15, -0.1) is 0 Å². The standard InChI is InChI=1S/C20H28N4O3/c1-14(2)12-23(3)20(27)21-10-9-15-5-7-16(8-6-15)18-17(13-25)11-22-24(4)19(18)26/h5-8,11,14,25H,9-10,12-13H2,1-4H3,(H,21,27). The fraction of sp³-hybridized carbons (Fsp3) is 0.450. The van der Waals surface area contributed by atoms with Crippen molar-refractivity contribution in [1.82, 2.24) is 20.0 Å². The fourth-order valence-electron chi connectivity index (χ4n) is 2.92. The maximum absolute atomic E-state index is 12.4. The lowest BCUT2D eigenvalue weighted by atomic mass is 10.0. The number of rotatable bonds is 7. The summed E-state index contributed by atoms with van der Waals surface area (Å²) in [4.78, 5) is 26.0. The SMILES string of the molecule is CC(C)CN(C)C(=O)NCCc1ccc(-c2c(CO)cnn(C)c2=O)cc1. The Labute approximate surface area is 159 Å². The molecule has 1 aromatic heterocycles. The van der Waals surface area contributed by atoms with Crippen LogP contribution in [-0.4, -0.2) is 46.0 Å². The molecule has 2 aromatic rings. The molecule has 27 heavy (non-hydrogen) atoms. The maximum Gasteiger partial charge on any atom is 0.317 e. The number of nitrogens with zero attached hydrogens (tertiary/aromatic N) is 3. The average Bonchev–Trinajstić information content (AvgIpc) is 2.64. The molecule has 0 aliphatic heterocycles. The number of aliphatic hydroxyl groups is 1. The number of carbonyl (C=O) groups excluding carboxylic acids is 1. The van der Waals surface area contributed by atoms with Gasteiger partial charge in [0.05, 0.1) is 18.4 Å². The van der Waals surface area contributed by atoms with Crippen molar-refractivity contribution in [3.05, 3.63) is 51.9 Å². The van der Waals surface area contributed by atoms with Crippen molar-refractivity contribution in [1.29, 1.82) is 0 Å². The Balaban J connectivity index is 2.02. The van der Waals surface area contributed by atoms with Gasteiger partial charge in [0.15, 0.2) is 0 Å². The summed E-state index contributed by atoms with van der Waals surface area (Å²) in [5.41, 5.74) is 2.53. The summed E-state index contributed by atoms with van der Waals surface area (Å²) in [6.45, 7) is 5.16. The lowest BCUT2D eigenvalue weighted by Gasteiger charge is -2.19. The summed E-state index contributed by atoms with van der Waals surface area (Å²) in [6.07, 6.45) is 2.20. The molecule has 2 N–H and O–H groups in total. The van der Waals surface area contributed by atoms with Crippen LogP contribution in [0.25, 0.3) is 11.1 Å². The van der Waals surface area contributed by atoms with E-state index in [1.165, 1.54) is 10.9 Å². The van der Waals surface area contributed by atoms with Crippen LogP contribution < -0.4 is 10.9 Å². The van der Waals surface area contributed by atoms with Crippen molar-refractivity contribution in [2.24, 2.45) is 13.0 Å². The van der Waals surface area contributed by atoms with Gasteiger partial charge < -0.3 is 15.3 Å². The zero-order valence-corrected chi connectivity index (χ0v) is 16.4. The van der Waals surface area contributed by atoms with Gasteiger partial charge in [0, 0.05) is 32.7 Å². The molecule has 7 nitrogen and oxygen atoms in total. The van der Waals surface area contributed by atoms with Crippen molar-refractivity contribution in [3.63, 3.8) is 0 Å². The van der Waals surface area contributed by atoms with Gasteiger partial charge in [-0.05, 0) is 23.5 Å². The first-order chi connectivity index (χ1) is 12.8. The summed E-state index contributed by atoms with van der Waals surface area (Å²) in [5.74, 6) is 0.429. The maximum atomic E-state index is 12.4. The van der Waals surface area contributed by atoms with Crippen LogP contribution in [0.1, 0.15) is 25.0 Å². The minimum atomic E-state index is -0.241. The number of aliphatic hydroxyl groups excluding tert-OH is 1. The number of aromatic nitrogens is 2. The molecule has 0 radical (unpaired) electrons. The number of urea groups is 1. The van der Waals surface area contributed by atoms with Crippen LogP contribution in [0.15, 0.2) is 35.3 Å². The molecule has 0 saturated carbocycles. The Hall–Kier alpha value is -2.67. The molecule has 2 amide bonds. The van der Waals surface area contributed by atoms with E-state index in [2.05, 4.69) is 24.3 Å². The molecule has 1 aromatic carbocycles. The summed E-state index contributed by atoms with van der Waals surface area (Å²) < 4.78 is 1.26. The Morgan fingerprint density at radius 3 is 2.56 bits per heavy atom. The van der Waals surface area contributed by atoms with Crippen molar-refractivity contribution < 1.29 is 9.90 Å². The summed E-state index contributed by atoms with van der Waals surface area (Å²) in [7, 11) is 3.37. The van der Waals surface area contributed by atoms with E-state index < -0.39 is 0 Å². The summed E-state index contributed by atoms with van der Waals surface area (Å²) in [5, 5.41) is 16.3. The Morgan fingerprint density at radius 2 is 1.96 bits per heavy atom. The fourth-order valence-corrected chi connectivity index (χ4v) is 2.92. The van der Waals surface area contributed by atoms with Crippen LogP contribution in [0, 0.1) is 5.92 Å². The van der Waals surface area contributed by atoms with E-state index in [-0.39, 0.29) is 18.2 Å². The molecule has 2 rings (SSSR count). The predicted octanol–water partition coefficient (Wildman–Crippen LogP) is 1.78. The second-order valence-corrected chi connectivity index (χ2v) is 7.08. The smallest absolute Gasteiger partial charge is 0.317 e. The molecular formula is C20H28N4O3. The van der Waals surface area contributed by atoms with Crippen LogP contribution in [0.5, 0.6) is 0 Å². The van der Waals surface area contributed by atoms with Crippen molar-refractivity contribution in [3.8, 4) is 11.1 Å². The highest BCUT2D eigenvalue weighted by Gasteiger charge is 2.12. The number of amides is 2. The molecule has 1 heterocycles. The van der Waals surface area contributed by atoms with Crippen LogP contribution in [0.2, 0.25) is 0 Å². The number of carbonyl (C=O) groups is 1. The first-order valence-corrected chi connectivity index (χ1v) is 9.07. The van der Waals surface area contributed by atoms with Crippen LogP contribution in [0.3, 0.4) is 0 Å². The average molecular weight is 372 g/mol. The van der Waals surface area contributed by atoms with Gasteiger partial charge in [-0.2, -0.15) is 5.10 Å². The minimum Gasteiger partial charge on any atom is -0.392 e. The number of aryl methyl sites for hydroxylation is 1. The zero-order chi connectivity index (χ0) is 20.0. The molecule has 7 heteroatoms. The minimum absolute atomic E-state index is 0.0757. The molecule has 0 unspecified atom stereocenters. The highest BCUT2D eigenvalue weighted by molar-refractivity contribution is 5.73. The van der Waals surface area contributed by atoms with Gasteiger partial charge >= 0.3 is 6.03 Å². The third kappa shape index (κ3) is 5.40. The second-order valence-electron chi connectivity index (χ2n) is 7.08. The predicted molar refractivity (Wildman–Crippen MR) is 105 cm³/mol. The molecule has 0 atom stereocenters. The lowest BCUT2D eigenvalue weighted by Crippen LogP contribution is -2.39. The summed E-state index contributed by atoms with van der Waals surface area (Å²) >= 11 is 0. The van der Waals surface area contributed by atoms with Gasteiger partial charge in [-0.1, -0.05) is 38.1 Å². The molecule has 0 bridgehead atoms. The second kappa shape index (κ2) is 9.32. The Morgan fingerprint density at radius 1 is 1.30 bits per heavy atom. The van der Waals surface area contributed by atoms with E-state index in [0.29, 0.717) is 36.6 Å². The van der Waals surface area contributed by atoms with E-state index in [1.807, 2.05) is 24.3 Å². The number of hydrogen-bond donors (Lipinski definition) is 2. The van der Waals surface area contributed by atoms with E-state index in [1.54, 1.807) is 19.0 Å².